The third-order valence-electron chi connectivity index (χ3n) is 3.60. The lowest BCUT2D eigenvalue weighted by Crippen LogP contribution is -2.24. The van der Waals surface area contributed by atoms with Gasteiger partial charge in [0.2, 0.25) is 0 Å². The van der Waals surface area contributed by atoms with Crippen LogP contribution in [0.15, 0.2) is 28.4 Å². The third-order valence-corrected chi connectivity index (χ3v) is 5.67. The maximum Gasteiger partial charge on any atom is 0.268 e. The van der Waals surface area contributed by atoms with Gasteiger partial charge in [-0.3, -0.25) is 9.69 Å². The summed E-state index contributed by atoms with van der Waals surface area (Å²) in [6.45, 7) is 4.91. The van der Waals surface area contributed by atoms with Crippen molar-refractivity contribution in [1.29, 1.82) is 0 Å². The van der Waals surface area contributed by atoms with E-state index >= 15 is 0 Å². The van der Waals surface area contributed by atoms with Gasteiger partial charge in [0, 0.05) is 15.8 Å². The molecule has 0 spiro atoms. The van der Waals surface area contributed by atoms with Crippen molar-refractivity contribution < 1.29 is 0 Å². The monoisotopic (exact) mass is 319 g/mol. The summed E-state index contributed by atoms with van der Waals surface area (Å²) in [6, 6.07) is 6.50. The van der Waals surface area contributed by atoms with Gasteiger partial charge in [0.05, 0.1) is 12.1 Å². The molecule has 0 unspecified atom stereocenters. The Bertz CT molecular complexity index is 818. The standard InChI is InChI=1S/C15H17N3OS2/c1-9-4-5-12(21-9)10(2)18(3)8-13-16-11-6-7-20-14(11)15(19)17-13/h4-7,10H,8H2,1-3H3,(H,16,17,19)/t10-/m0/s1. The summed E-state index contributed by atoms with van der Waals surface area (Å²) in [5.41, 5.74) is 0.741. The molecule has 0 aliphatic rings. The average Bonchev–Trinajstić information content (AvgIpc) is 3.06. The topological polar surface area (TPSA) is 49.0 Å². The van der Waals surface area contributed by atoms with E-state index < -0.39 is 0 Å². The Morgan fingerprint density at radius 2 is 2.19 bits per heavy atom. The number of nitrogens with zero attached hydrogens (tertiary/aromatic N) is 2. The van der Waals surface area contributed by atoms with Gasteiger partial charge in [0.1, 0.15) is 10.5 Å². The summed E-state index contributed by atoms with van der Waals surface area (Å²) < 4.78 is 0.698. The van der Waals surface area contributed by atoms with Crippen molar-refractivity contribution in [3.63, 3.8) is 0 Å². The molecule has 0 aliphatic carbocycles. The third kappa shape index (κ3) is 2.92. The van der Waals surface area contributed by atoms with E-state index in [0.29, 0.717) is 23.1 Å². The van der Waals surface area contributed by atoms with Gasteiger partial charge in [0.25, 0.3) is 5.56 Å². The van der Waals surface area contributed by atoms with Crippen LogP contribution in [0, 0.1) is 6.92 Å². The molecule has 0 amide bonds. The summed E-state index contributed by atoms with van der Waals surface area (Å²) in [5, 5.41) is 1.90. The number of aromatic nitrogens is 2. The van der Waals surface area contributed by atoms with Crippen LogP contribution in [0.3, 0.4) is 0 Å². The van der Waals surface area contributed by atoms with Crippen LogP contribution < -0.4 is 5.56 Å². The fourth-order valence-corrected chi connectivity index (χ4v) is 3.98. The van der Waals surface area contributed by atoms with Crippen molar-refractivity contribution in [3.05, 3.63) is 49.5 Å². The van der Waals surface area contributed by atoms with Crippen LogP contribution in [0.1, 0.15) is 28.5 Å². The first-order valence-electron chi connectivity index (χ1n) is 6.77. The summed E-state index contributed by atoms with van der Waals surface area (Å²) in [5.74, 6) is 0.716. The highest BCUT2D eigenvalue weighted by Crippen LogP contribution is 2.27. The van der Waals surface area contributed by atoms with Crippen LogP contribution in [0.4, 0.5) is 0 Å². The van der Waals surface area contributed by atoms with Gasteiger partial charge in [-0.05, 0) is 44.5 Å². The number of hydrogen-bond donors (Lipinski definition) is 1. The van der Waals surface area contributed by atoms with E-state index in [1.807, 2.05) is 22.8 Å². The van der Waals surface area contributed by atoms with Gasteiger partial charge in [-0.1, -0.05) is 0 Å². The molecule has 0 bridgehead atoms. The van der Waals surface area contributed by atoms with E-state index in [4.69, 9.17) is 0 Å². The number of H-pyrrole nitrogens is 1. The van der Waals surface area contributed by atoms with Gasteiger partial charge in [-0.25, -0.2) is 4.98 Å². The lowest BCUT2D eigenvalue weighted by Gasteiger charge is -2.23. The second kappa shape index (κ2) is 5.71. The van der Waals surface area contributed by atoms with Gasteiger partial charge in [-0.15, -0.1) is 22.7 Å². The molecule has 0 saturated carbocycles. The van der Waals surface area contributed by atoms with Gasteiger partial charge >= 0.3 is 0 Å². The molecule has 0 aliphatic heterocycles. The number of nitrogens with one attached hydrogen (secondary N) is 1. The molecule has 3 rings (SSSR count). The molecular formula is C15H17N3OS2. The molecular weight excluding hydrogens is 302 g/mol. The van der Waals surface area contributed by atoms with Crippen LogP contribution in [0.5, 0.6) is 0 Å². The quantitative estimate of drug-likeness (QED) is 0.800. The van der Waals surface area contributed by atoms with Crippen LogP contribution in [0.2, 0.25) is 0 Å². The number of fused-ring (bicyclic) bond motifs is 1. The molecule has 0 aromatic carbocycles. The number of hydrogen-bond acceptors (Lipinski definition) is 5. The smallest absolute Gasteiger partial charge is 0.268 e. The number of thiophene rings is 2. The first-order valence-corrected chi connectivity index (χ1v) is 8.47. The Kier molecular flexibility index (Phi) is 3.93. The Balaban J connectivity index is 1.82. The maximum atomic E-state index is 12.0. The zero-order chi connectivity index (χ0) is 15.0. The van der Waals surface area contributed by atoms with Crippen LogP contribution in [-0.2, 0) is 6.54 Å². The molecule has 3 aromatic heterocycles. The summed E-state index contributed by atoms with van der Waals surface area (Å²) in [4.78, 5) is 24.2. The molecule has 4 nitrogen and oxygen atoms in total. The molecule has 0 fully saturated rings. The van der Waals surface area contributed by atoms with Gasteiger partial charge < -0.3 is 4.98 Å². The predicted molar refractivity (Wildman–Crippen MR) is 89.2 cm³/mol. The Hall–Kier alpha value is -1.50. The molecule has 6 heteroatoms. The highest BCUT2D eigenvalue weighted by molar-refractivity contribution is 7.17. The van der Waals surface area contributed by atoms with E-state index in [9.17, 15) is 4.79 Å². The normalized spacial score (nSPS) is 13.1. The van der Waals surface area contributed by atoms with Gasteiger partial charge in [0.15, 0.2) is 0 Å². The summed E-state index contributed by atoms with van der Waals surface area (Å²) in [6.07, 6.45) is 0. The van der Waals surface area contributed by atoms with Crippen molar-refractivity contribution in [3.8, 4) is 0 Å². The average molecular weight is 319 g/mol. The van der Waals surface area contributed by atoms with Crippen LogP contribution in [0.25, 0.3) is 10.2 Å². The molecule has 3 heterocycles. The number of rotatable bonds is 4. The highest BCUT2D eigenvalue weighted by atomic mass is 32.1. The van der Waals surface area contributed by atoms with E-state index in [1.54, 1.807) is 0 Å². The highest BCUT2D eigenvalue weighted by Gasteiger charge is 2.15. The second-order valence-corrected chi connectivity index (χ2v) is 7.42. The molecule has 0 saturated heterocycles. The predicted octanol–water partition coefficient (Wildman–Crippen LogP) is 3.55. The fourth-order valence-electron chi connectivity index (χ4n) is 2.26. The lowest BCUT2D eigenvalue weighted by atomic mass is 10.2. The zero-order valence-corrected chi connectivity index (χ0v) is 13.8. The van der Waals surface area contributed by atoms with Crippen LogP contribution >= 0.6 is 22.7 Å². The fraction of sp³-hybridized carbons (Fsp3) is 0.333. The van der Waals surface area contributed by atoms with Crippen molar-refractivity contribution in [2.24, 2.45) is 0 Å². The minimum absolute atomic E-state index is 0.0435. The minimum atomic E-state index is -0.0435. The van der Waals surface area contributed by atoms with Crippen molar-refractivity contribution in [1.82, 2.24) is 14.9 Å². The number of aromatic amines is 1. The largest absolute Gasteiger partial charge is 0.308 e. The van der Waals surface area contributed by atoms with Crippen molar-refractivity contribution in [2.45, 2.75) is 26.4 Å². The summed E-state index contributed by atoms with van der Waals surface area (Å²) in [7, 11) is 2.05. The Morgan fingerprint density at radius 1 is 1.38 bits per heavy atom. The SMILES string of the molecule is Cc1ccc([C@H](C)N(C)Cc2nc3ccsc3c(=O)[nH]2)s1. The first kappa shape index (κ1) is 14.4. The van der Waals surface area contributed by atoms with E-state index in [0.717, 1.165) is 5.52 Å². The lowest BCUT2D eigenvalue weighted by molar-refractivity contribution is 0.250. The van der Waals surface area contributed by atoms with Gasteiger partial charge in [-0.2, -0.15) is 0 Å². The molecule has 21 heavy (non-hydrogen) atoms. The molecule has 110 valence electrons. The Morgan fingerprint density at radius 3 is 2.90 bits per heavy atom. The Labute approximate surface area is 131 Å². The van der Waals surface area contributed by atoms with Crippen LogP contribution in [-0.4, -0.2) is 21.9 Å². The second-order valence-electron chi connectivity index (χ2n) is 5.19. The number of aryl methyl sites for hydroxylation is 1. The minimum Gasteiger partial charge on any atom is -0.308 e. The van der Waals surface area contributed by atoms with E-state index in [2.05, 4.69) is 47.9 Å². The molecule has 1 atom stereocenters. The molecule has 0 radical (unpaired) electrons. The van der Waals surface area contributed by atoms with E-state index in [1.165, 1.54) is 21.1 Å². The molecule has 3 aromatic rings. The first-order chi connectivity index (χ1) is 10.0. The molecule has 1 N–H and O–H groups in total. The van der Waals surface area contributed by atoms with Crippen molar-refractivity contribution >= 4 is 32.9 Å². The maximum absolute atomic E-state index is 12.0. The zero-order valence-electron chi connectivity index (χ0n) is 12.2. The van der Waals surface area contributed by atoms with Crippen molar-refractivity contribution in [2.75, 3.05) is 7.05 Å². The summed E-state index contributed by atoms with van der Waals surface area (Å²) >= 11 is 3.24. The van der Waals surface area contributed by atoms with E-state index in [-0.39, 0.29) is 5.56 Å².